The van der Waals surface area contributed by atoms with Crippen molar-refractivity contribution in [2.75, 3.05) is 33.9 Å². The van der Waals surface area contributed by atoms with Crippen LogP contribution in [0.3, 0.4) is 0 Å². The van der Waals surface area contributed by atoms with Gasteiger partial charge in [-0.05, 0) is 51.1 Å². The van der Waals surface area contributed by atoms with E-state index in [0.29, 0.717) is 6.54 Å². The molecule has 1 aromatic rings. The molecule has 1 aliphatic carbocycles. The maximum atomic E-state index is 12.3. The van der Waals surface area contributed by atoms with Crippen molar-refractivity contribution in [3.63, 3.8) is 0 Å². The molecule has 0 unspecified atom stereocenters. The average molecular weight is 337 g/mol. The molecule has 0 aromatic heterocycles. The highest BCUT2D eigenvalue weighted by molar-refractivity contribution is 7.84. The Bertz CT molecular complexity index is 568. The maximum absolute atomic E-state index is 12.3. The van der Waals surface area contributed by atoms with Crippen molar-refractivity contribution in [3.8, 4) is 0 Å². The molecule has 2 rings (SSSR count). The Balaban J connectivity index is 1.85. The average Bonchev–Trinajstić information content (AvgIpc) is 2.48. The fourth-order valence-corrected chi connectivity index (χ4v) is 3.48. The molecule has 1 saturated carbocycles. The predicted octanol–water partition coefficient (Wildman–Crippen LogP) is 2.05. The van der Waals surface area contributed by atoms with Gasteiger partial charge < -0.3 is 15.1 Å². The second-order valence-corrected chi connectivity index (χ2v) is 7.96. The Morgan fingerprint density at radius 2 is 1.83 bits per heavy atom. The Morgan fingerprint density at radius 1 is 1.22 bits per heavy atom. The van der Waals surface area contributed by atoms with Crippen molar-refractivity contribution in [1.82, 2.24) is 15.1 Å². The third kappa shape index (κ3) is 4.32. The quantitative estimate of drug-likeness (QED) is 0.864. The molecule has 0 bridgehead atoms. The third-order valence-corrected chi connectivity index (χ3v) is 5.75. The molecular weight excluding hydrogens is 310 g/mol. The molecule has 5 nitrogen and oxygen atoms in total. The fourth-order valence-electron chi connectivity index (χ4n) is 2.96. The molecule has 1 fully saturated rings. The molecule has 0 heterocycles. The number of nitrogens with one attached hydrogen (secondary N) is 1. The van der Waals surface area contributed by atoms with Crippen molar-refractivity contribution in [2.45, 2.75) is 36.2 Å². The van der Waals surface area contributed by atoms with E-state index in [1.165, 1.54) is 6.42 Å². The highest BCUT2D eigenvalue weighted by atomic mass is 32.2. The van der Waals surface area contributed by atoms with E-state index in [0.717, 1.165) is 29.8 Å². The molecule has 0 radical (unpaired) electrons. The molecule has 1 atom stereocenters. The minimum Gasteiger partial charge on any atom is -0.334 e. The van der Waals surface area contributed by atoms with E-state index in [2.05, 4.69) is 24.3 Å². The predicted molar refractivity (Wildman–Crippen MR) is 93.9 cm³/mol. The largest absolute Gasteiger partial charge is 0.334 e. The van der Waals surface area contributed by atoms with Gasteiger partial charge in [-0.1, -0.05) is 12.1 Å². The van der Waals surface area contributed by atoms with Crippen LogP contribution in [0.5, 0.6) is 0 Å². The van der Waals surface area contributed by atoms with Gasteiger partial charge in [0.2, 0.25) is 0 Å². The molecule has 23 heavy (non-hydrogen) atoms. The summed E-state index contributed by atoms with van der Waals surface area (Å²) in [6.07, 6.45) is 5.19. The highest BCUT2D eigenvalue weighted by Crippen LogP contribution is 2.36. The maximum Gasteiger partial charge on any atom is 0.317 e. The summed E-state index contributed by atoms with van der Waals surface area (Å²) in [4.78, 5) is 17.1. The molecule has 0 aliphatic heterocycles. The van der Waals surface area contributed by atoms with Crippen LogP contribution in [0.25, 0.3) is 0 Å². The van der Waals surface area contributed by atoms with Gasteiger partial charge in [0.25, 0.3) is 0 Å². The summed E-state index contributed by atoms with van der Waals surface area (Å²) in [6, 6.07) is 7.45. The Hall–Kier alpha value is -1.40. The number of urea groups is 1. The fraction of sp³-hybridized carbons (Fsp3) is 0.588. The van der Waals surface area contributed by atoms with Gasteiger partial charge in [-0.3, -0.25) is 4.21 Å². The highest BCUT2D eigenvalue weighted by Gasteiger charge is 2.40. The van der Waals surface area contributed by atoms with Crippen LogP contribution < -0.4 is 5.32 Å². The zero-order valence-electron chi connectivity index (χ0n) is 14.5. The standard InChI is InChI=1S/C17H27N3O2S/c1-19(2)17(10-5-11-17)13-20(3)16(21)18-12-14-6-8-15(9-7-14)23(4)22/h6-9H,5,10-13H2,1-4H3,(H,18,21)/t23-/m1/s1. The van der Waals surface area contributed by atoms with Crippen LogP contribution in [0.1, 0.15) is 24.8 Å². The second kappa shape index (κ2) is 7.45. The van der Waals surface area contributed by atoms with Crippen LogP contribution in [0.15, 0.2) is 29.2 Å². The van der Waals surface area contributed by atoms with Crippen LogP contribution in [-0.4, -0.2) is 59.5 Å². The lowest BCUT2D eigenvalue weighted by Gasteiger charge is -2.49. The topological polar surface area (TPSA) is 52.6 Å². The molecule has 1 N–H and O–H groups in total. The molecule has 1 aromatic carbocycles. The normalized spacial score (nSPS) is 17.4. The van der Waals surface area contributed by atoms with Gasteiger partial charge in [-0.25, -0.2) is 4.79 Å². The number of amides is 2. The number of carbonyl (C=O) groups excluding carboxylic acids is 1. The summed E-state index contributed by atoms with van der Waals surface area (Å²) in [7, 11) is 5.06. The van der Waals surface area contributed by atoms with Gasteiger partial charge in [0.15, 0.2) is 0 Å². The molecule has 1 aliphatic rings. The van der Waals surface area contributed by atoms with Crippen LogP contribution in [-0.2, 0) is 17.3 Å². The first-order valence-electron chi connectivity index (χ1n) is 7.93. The number of rotatable bonds is 6. The van der Waals surface area contributed by atoms with Crippen LogP contribution >= 0.6 is 0 Å². The lowest BCUT2D eigenvalue weighted by atomic mass is 9.75. The van der Waals surface area contributed by atoms with Crippen molar-refractivity contribution in [1.29, 1.82) is 0 Å². The zero-order valence-corrected chi connectivity index (χ0v) is 15.3. The number of carbonyl (C=O) groups is 1. The molecule has 0 saturated heterocycles. The monoisotopic (exact) mass is 337 g/mol. The van der Waals surface area contributed by atoms with Crippen LogP contribution in [0.2, 0.25) is 0 Å². The Kier molecular flexibility index (Phi) is 5.81. The van der Waals surface area contributed by atoms with E-state index >= 15 is 0 Å². The van der Waals surface area contributed by atoms with Crippen molar-refractivity contribution in [3.05, 3.63) is 29.8 Å². The van der Waals surface area contributed by atoms with E-state index in [4.69, 9.17) is 0 Å². The van der Waals surface area contributed by atoms with Gasteiger partial charge in [-0.2, -0.15) is 0 Å². The van der Waals surface area contributed by atoms with Gasteiger partial charge in [-0.15, -0.1) is 0 Å². The number of benzene rings is 1. The lowest BCUT2D eigenvalue weighted by molar-refractivity contribution is 0.0363. The van der Waals surface area contributed by atoms with Gasteiger partial charge in [0.1, 0.15) is 0 Å². The summed E-state index contributed by atoms with van der Waals surface area (Å²) < 4.78 is 11.4. The van der Waals surface area contributed by atoms with Gasteiger partial charge in [0, 0.05) is 47.6 Å². The number of nitrogens with zero attached hydrogens (tertiary/aromatic N) is 2. The van der Waals surface area contributed by atoms with Crippen molar-refractivity contribution in [2.24, 2.45) is 0 Å². The van der Waals surface area contributed by atoms with Gasteiger partial charge >= 0.3 is 6.03 Å². The summed E-state index contributed by atoms with van der Waals surface area (Å²) in [5.74, 6) is 0. The number of likely N-dealkylation sites (N-methyl/N-ethyl adjacent to an activating group) is 2. The molecule has 128 valence electrons. The first-order valence-corrected chi connectivity index (χ1v) is 9.49. The Morgan fingerprint density at radius 3 is 2.26 bits per heavy atom. The zero-order chi connectivity index (χ0) is 17.0. The van der Waals surface area contributed by atoms with E-state index in [-0.39, 0.29) is 11.6 Å². The van der Waals surface area contributed by atoms with E-state index < -0.39 is 10.8 Å². The summed E-state index contributed by atoms with van der Waals surface area (Å²) in [5.41, 5.74) is 1.14. The summed E-state index contributed by atoms with van der Waals surface area (Å²) in [6.45, 7) is 1.23. The second-order valence-electron chi connectivity index (χ2n) is 6.59. The summed E-state index contributed by atoms with van der Waals surface area (Å²) >= 11 is 0. The first kappa shape index (κ1) is 17.9. The van der Waals surface area contributed by atoms with Crippen molar-refractivity contribution < 1.29 is 9.00 Å². The first-order chi connectivity index (χ1) is 10.8. The lowest BCUT2D eigenvalue weighted by Crippen LogP contribution is -2.58. The van der Waals surface area contributed by atoms with E-state index in [9.17, 15) is 9.00 Å². The molecule has 0 spiro atoms. The Labute approximate surface area is 141 Å². The van der Waals surface area contributed by atoms with Gasteiger partial charge in [0.05, 0.1) is 0 Å². The number of hydrogen-bond donors (Lipinski definition) is 1. The van der Waals surface area contributed by atoms with Crippen LogP contribution in [0, 0.1) is 0 Å². The SMILES string of the molecule is CN(CC1(N(C)C)CCC1)C(=O)NCc1ccc([S@@](C)=O)cc1. The molecular formula is C17H27N3O2S. The van der Waals surface area contributed by atoms with E-state index in [1.54, 1.807) is 11.2 Å². The molecule has 2 amide bonds. The third-order valence-electron chi connectivity index (χ3n) is 4.81. The smallest absolute Gasteiger partial charge is 0.317 e. The van der Waals surface area contributed by atoms with E-state index in [1.807, 2.05) is 31.3 Å². The van der Waals surface area contributed by atoms with Crippen LogP contribution in [0.4, 0.5) is 4.79 Å². The minimum absolute atomic E-state index is 0.0544. The minimum atomic E-state index is -0.968. The molecule has 6 heteroatoms. The number of hydrogen-bond acceptors (Lipinski definition) is 3. The van der Waals surface area contributed by atoms with Crippen molar-refractivity contribution >= 4 is 16.8 Å². The summed E-state index contributed by atoms with van der Waals surface area (Å²) in [5, 5.41) is 2.95.